The Bertz CT molecular complexity index is 1220. The Balaban J connectivity index is 1.49. The molecular weight excluding hydrogens is 501 g/mol. The Labute approximate surface area is 198 Å². The number of H-pyrrole nitrogens is 1. The molecular formula is C18H11Cl2N5O3S3. The van der Waals surface area contributed by atoms with Gasteiger partial charge in [0.1, 0.15) is 11.0 Å². The van der Waals surface area contributed by atoms with E-state index in [-0.39, 0.29) is 22.4 Å². The summed E-state index contributed by atoms with van der Waals surface area (Å²) >= 11 is 15.2. The minimum Gasteiger partial charge on any atom is -0.292 e. The fourth-order valence-corrected chi connectivity index (χ4v) is 5.73. The van der Waals surface area contributed by atoms with Crippen molar-refractivity contribution in [3.05, 3.63) is 55.6 Å². The number of nitrogens with zero attached hydrogens (tertiary/aromatic N) is 4. The molecule has 1 saturated heterocycles. The molecule has 0 saturated carbocycles. The number of aryl methyl sites for hydroxylation is 1. The van der Waals surface area contributed by atoms with Crippen molar-refractivity contribution in [2.45, 2.75) is 16.4 Å². The Morgan fingerprint density at radius 1 is 1.23 bits per heavy atom. The van der Waals surface area contributed by atoms with E-state index in [1.165, 1.54) is 29.2 Å². The predicted octanol–water partition coefficient (Wildman–Crippen LogP) is 4.95. The predicted molar refractivity (Wildman–Crippen MR) is 121 cm³/mol. The molecule has 1 N–H and O–H groups in total. The maximum Gasteiger partial charge on any atom is 0.293 e. The van der Waals surface area contributed by atoms with Crippen molar-refractivity contribution < 1.29 is 14.4 Å². The second kappa shape index (κ2) is 9.13. The van der Waals surface area contributed by atoms with Crippen molar-refractivity contribution in [1.82, 2.24) is 25.1 Å². The highest BCUT2D eigenvalue weighted by Gasteiger charge is 2.36. The van der Waals surface area contributed by atoms with Crippen molar-refractivity contribution in [3.8, 4) is 0 Å². The van der Waals surface area contributed by atoms with Crippen LogP contribution in [0.5, 0.6) is 0 Å². The van der Waals surface area contributed by atoms with Crippen LogP contribution < -0.4 is 0 Å². The monoisotopic (exact) mass is 511 g/mol. The fourth-order valence-electron chi connectivity index (χ4n) is 2.50. The maximum atomic E-state index is 12.7. The first-order chi connectivity index (χ1) is 14.8. The zero-order valence-corrected chi connectivity index (χ0v) is 19.5. The van der Waals surface area contributed by atoms with Gasteiger partial charge in [0.25, 0.3) is 11.1 Å². The van der Waals surface area contributed by atoms with Crippen LogP contribution in [0.3, 0.4) is 0 Å². The number of nitrogens with one attached hydrogen (secondary N) is 1. The van der Waals surface area contributed by atoms with Gasteiger partial charge >= 0.3 is 0 Å². The van der Waals surface area contributed by atoms with Crippen molar-refractivity contribution in [3.63, 3.8) is 0 Å². The van der Waals surface area contributed by atoms with Crippen LogP contribution in [-0.4, -0.2) is 48.5 Å². The molecule has 2 amide bonds. The summed E-state index contributed by atoms with van der Waals surface area (Å²) in [5.41, 5.74) is 0.363. The molecule has 0 unspecified atom stereocenters. The first-order valence-electron chi connectivity index (χ1n) is 8.57. The summed E-state index contributed by atoms with van der Waals surface area (Å²) < 4.78 is 0.590. The van der Waals surface area contributed by atoms with E-state index in [4.69, 9.17) is 23.2 Å². The number of thioether (sulfide) groups is 1. The van der Waals surface area contributed by atoms with Crippen LogP contribution in [0.25, 0.3) is 6.08 Å². The zero-order valence-electron chi connectivity index (χ0n) is 15.6. The summed E-state index contributed by atoms with van der Waals surface area (Å²) in [4.78, 5) is 47.5. The average Bonchev–Trinajstić information content (AvgIpc) is 3.36. The van der Waals surface area contributed by atoms with Crippen LogP contribution in [0, 0.1) is 6.92 Å². The molecule has 31 heavy (non-hydrogen) atoms. The summed E-state index contributed by atoms with van der Waals surface area (Å²) in [5.74, 6) is -0.246. The van der Waals surface area contributed by atoms with Crippen molar-refractivity contribution in [2.75, 3.05) is 6.54 Å². The van der Waals surface area contributed by atoms with Gasteiger partial charge in [-0.15, -0.1) is 16.4 Å². The number of imide groups is 1. The number of ketones is 1. The molecule has 0 bridgehead atoms. The number of thiazole rings is 1. The summed E-state index contributed by atoms with van der Waals surface area (Å²) in [6.45, 7) is 1.43. The second-order valence-electron chi connectivity index (χ2n) is 6.14. The summed E-state index contributed by atoms with van der Waals surface area (Å²) in [6, 6.07) is 6.24. The molecule has 3 heterocycles. The van der Waals surface area contributed by atoms with Crippen LogP contribution in [0.2, 0.25) is 10.2 Å². The van der Waals surface area contributed by atoms with Crippen LogP contribution in [-0.2, 0) is 4.79 Å². The maximum absolute atomic E-state index is 12.7. The van der Waals surface area contributed by atoms with Crippen LogP contribution in [0.1, 0.15) is 21.1 Å². The van der Waals surface area contributed by atoms with Crippen molar-refractivity contribution in [1.29, 1.82) is 0 Å². The zero-order chi connectivity index (χ0) is 22.1. The SMILES string of the molecule is Cc1nc(Sc2nc(Cl)c(/C=C3\SC(=O)N(CC(=O)c4ccc(Cl)cc4)C3=O)s2)n[nH]1. The number of hydrogen-bond donors (Lipinski definition) is 1. The molecule has 8 nitrogen and oxygen atoms in total. The number of hydrogen-bond acceptors (Lipinski definition) is 9. The summed E-state index contributed by atoms with van der Waals surface area (Å²) in [5, 5.41) is 7.43. The van der Waals surface area contributed by atoms with E-state index in [1.807, 2.05) is 0 Å². The molecule has 1 aliphatic rings. The Hall–Kier alpha value is -2.18. The van der Waals surface area contributed by atoms with Gasteiger partial charge in [-0.05, 0) is 60.8 Å². The highest BCUT2D eigenvalue weighted by molar-refractivity contribution is 8.18. The van der Waals surface area contributed by atoms with E-state index in [2.05, 4.69) is 20.2 Å². The Kier molecular flexibility index (Phi) is 6.49. The van der Waals surface area contributed by atoms with Gasteiger partial charge in [-0.1, -0.05) is 23.2 Å². The van der Waals surface area contributed by atoms with Gasteiger partial charge in [-0.2, -0.15) is 0 Å². The van der Waals surface area contributed by atoms with E-state index in [0.717, 1.165) is 16.7 Å². The molecule has 1 fully saturated rings. The first kappa shape index (κ1) is 22.0. The highest BCUT2D eigenvalue weighted by atomic mass is 35.5. The van der Waals surface area contributed by atoms with Crippen molar-refractivity contribution in [2.24, 2.45) is 0 Å². The number of rotatable bonds is 6. The lowest BCUT2D eigenvalue weighted by Gasteiger charge is -2.11. The minimum absolute atomic E-state index is 0.171. The molecule has 0 aliphatic carbocycles. The smallest absolute Gasteiger partial charge is 0.292 e. The van der Waals surface area contributed by atoms with Gasteiger partial charge in [-0.25, -0.2) is 9.97 Å². The average molecular weight is 512 g/mol. The molecule has 13 heteroatoms. The number of benzene rings is 1. The van der Waals surface area contributed by atoms with Crippen LogP contribution in [0.15, 0.2) is 38.7 Å². The third-order valence-corrected chi connectivity index (χ3v) is 7.44. The lowest BCUT2D eigenvalue weighted by molar-refractivity contribution is -0.122. The number of carbonyl (C=O) groups is 3. The quantitative estimate of drug-likeness (QED) is 0.365. The lowest BCUT2D eigenvalue weighted by atomic mass is 10.1. The lowest BCUT2D eigenvalue weighted by Crippen LogP contribution is -2.33. The summed E-state index contributed by atoms with van der Waals surface area (Å²) in [7, 11) is 0. The van der Waals surface area contributed by atoms with Crippen LogP contribution in [0.4, 0.5) is 4.79 Å². The normalized spacial score (nSPS) is 15.3. The van der Waals surface area contributed by atoms with E-state index in [1.54, 1.807) is 31.2 Å². The number of aromatic nitrogens is 4. The number of Topliss-reactive ketones (excluding diaryl/α,β-unsaturated/α-hetero) is 1. The number of halogens is 2. The molecule has 0 atom stereocenters. The molecule has 1 aromatic carbocycles. The number of amides is 2. The fraction of sp³-hybridized carbons (Fsp3) is 0.111. The second-order valence-corrected chi connectivity index (χ2v) is 10.2. The first-order valence-corrected chi connectivity index (χ1v) is 11.8. The van der Waals surface area contributed by atoms with E-state index in [9.17, 15) is 14.4 Å². The molecule has 1 aliphatic heterocycles. The van der Waals surface area contributed by atoms with Crippen molar-refractivity contribution >= 4 is 81.1 Å². The van der Waals surface area contributed by atoms with Gasteiger partial charge in [0.05, 0.1) is 16.3 Å². The topological polar surface area (TPSA) is 109 Å². The molecule has 4 rings (SSSR count). The number of carbonyl (C=O) groups excluding carboxylic acids is 3. The van der Waals surface area contributed by atoms with E-state index < -0.39 is 11.1 Å². The highest BCUT2D eigenvalue weighted by Crippen LogP contribution is 2.38. The van der Waals surface area contributed by atoms with Gasteiger partial charge in [0.2, 0.25) is 5.16 Å². The number of aromatic amines is 1. The van der Waals surface area contributed by atoms with Gasteiger partial charge in [-0.3, -0.25) is 24.4 Å². The third kappa shape index (κ3) is 5.01. The van der Waals surface area contributed by atoms with E-state index in [0.29, 0.717) is 30.8 Å². The van der Waals surface area contributed by atoms with Gasteiger partial charge in [0.15, 0.2) is 10.1 Å². The van der Waals surface area contributed by atoms with Gasteiger partial charge in [0, 0.05) is 10.6 Å². The molecule has 2 aromatic heterocycles. The largest absolute Gasteiger partial charge is 0.293 e. The Morgan fingerprint density at radius 2 is 1.97 bits per heavy atom. The molecule has 158 valence electrons. The van der Waals surface area contributed by atoms with E-state index >= 15 is 0 Å². The summed E-state index contributed by atoms with van der Waals surface area (Å²) in [6.07, 6.45) is 1.50. The standard InChI is InChI=1S/C18H11Cl2N5O3S3/c1-8-21-16(24-23-8)31-17-22-14(20)12(29-17)6-13-15(27)25(18(28)30-13)7-11(26)9-2-4-10(19)5-3-9/h2-6H,7H2,1H3,(H,21,23,24)/b13-6-. The third-order valence-electron chi connectivity index (χ3n) is 3.95. The Morgan fingerprint density at radius 3 is 2.65 bits per heavy atom. The van der Waals surface area contributed by atoms with Crippen LogP contribution >= 0.6 is 58.1 Å². The minimum atomic E-state index is -0.555. The van der Waals surface area contributed by atoms with Gasteiger partial charge < -0.3 is 0 Å². The molecule has 0 radical (unpaired) electrons. The molecule has 3 aromatic rings. The molecule has 0 spiro atoms.